The van der Waals surface area contributed by atoms with Gasteiger partial charge in [0.25, 0.3) is 0 Å². The normalized spacial score (nSPS) is 17.2. The average molecular weight is 319 g/mol. The SMILES string of the molecule is CC(=O)c1ccc(NC(=O)C2CCN2C(=O)OC(C)(C)C)cn1. The van der Waals surface area contributed by atoms with Gasteiger partial charge in [-0.05, 0) is 39.3 Å². The quantitative estimate of drug-likeness (QED) is 0.863. The summed E-state index contributed by atoms with van der Waals surface area (Å²) in [5, 5.41) is 2.70. The molecule has 2 heterocycles. The minimum atomic E-state index is -0.597. The summed E-state index contributed by atoms with van der Waals surface area (Å²) in [6, 6.07) is 2.61. The van der Waals surface area contributed by atoms with E-state index >= 15 is 0 Å². The highest BCUT2D eigenvalue weighted by Crippen LogP contribution is 2.22. The number of ether oxygens (including phenoxy) is 1. The maximum absolute atomic E-state index is 12.2. The predicted octanol–water partition coefficient (Wildman–Crippen LogP) is 2.23. The number of ketones is 1. The van der Waals surface area contributed by atoms with E-state index in [2.05, 4.69) is 10.3 Å². The highest BCUT2D eigenvalue weighted by Gasteiger charge is 2.39. The minimum Gasteiger partial charge on any atom is -0.444 e. The first-order valence-corrected chi connectivity index (χ1v) is 7.45. The lowest BCUT2D eigenvalue weighted by atomic mass is 10.0. The van der Waals surface area contributed by atoms with Crippen LogP contribution in [0.2, 0.25) is 0 Å². The van der Waals surface area contributed by atoms with E-state index < -0.39 is 17.7 Å². The lowest BCUT2D eigenvalue weighted by Crippen LogP contribution is -2.57. The van der Waals surface area contributed by atoms with Crippen LogP contribution in [-0.4, -0.2) is 45.9 Å². The van der Waals surface area contributed by atoms with Crippen LogP contribution in [0.5, 0.6) is 0 Å². The van der Waals surface area contributed by atoms with Crippen molar-refractivity contribution in [2.24, 2.45) is 0 Å². The zero-order chi connectivity index (χ0) is 17.2. The molecule has 0 spiro atoms. The molecule has 1 atom stereocenters. The van der Waals surface area contributed by atoms with E-state index in [9.17, 15) is 14.4 Å². The lowest BCUT2D eigenvalue weighted by Gasteiger charge is -2.40. The van der Waals surface area contributed by atoms with Crippen LogP contribution < -0.4 is 5.32 Å². The van der Waals surface area contributed by atoms with E-state index in [1.165, 1.54) is 18.0 Å². The molecule has 7 heteroatoms. The maximum Gasteiger partial charge on any atom is 0.410 e. The maximum atomic E-state index is 12.2. The summed E-state index contributed by atoms with van der Waals surface area (Å²) >= 11 is 0. The number of aromatic nitrogens is 1. The predicted molar refractivity (Wildman–Crippen MR) is 84.2 cm³/mol. The van der Waals surface area contributed by atoms with E-state index in [-0.39, 0.29) is 11.7 Å². The van der Waals surface area contributed by atoms with Gasteiger partial charge in [-0.1, -0.05) is 0 Å². The summed E-state index contributed by atoms with van der Waals surface area (Å²) in [4.78, 5) is 40.8. The third-order valence-corrected chi connectivity index (χ3v) is 3.34. The van der Waals surface area contributed by atoms with Crippen molar-refractivity contribution in [3.8, 4) is 0 Å². The van der Waals surface area contributed by atoms with E-state index in [1.807, 2.05) is 0 Å². The molecule has 1 N–H and O–H groups in total. The Morgan fingerprint density at radius 2 is 2.00 bits per heavy atom. The van der Waals surface area contributed by atoms with Gasteiger partial charge in [0.2, 0.25) is 5.91 Å². The van der Waals surface area contributed by atoms with Crippen LogP contribution in [0.15, 0.2) is 18.3 Å². The van der Waals surface area contributed by atoms with Gasteiger partial charge in [-0.15, -0.1) is 0 Å². The van der Waals surface area contributed by atoms with Crippen molar-refractivity contribution in [1.29, 1.82) is 0 Å². The van der Waals surface area contributed by atoms with Gasteiger partial charge in [0.15, 0.2) is 5.78 Å². The molecule has 1 saturated heterocycles. The van der Waals surface area contributed by atoms with Gasteiger partial charge in [0.05, 0.1) is 11.9 Å². The Morgan fingerprint density at radius 3 is 2.43 bits per heavy atom. The lowest BCUT2D eigenvalue weighted by molar-refractivity contribution is -0.125. The Bertz CT molecular complexity index is 619. The topological polar surface area (TPSA) is 88.6 Å². The van der Waals surface area contributed by atoms with Crippen LogP contribution in [0.4, 0.5) is 10.5 Å². The molecule has 1 aliphatic heterocycles. The Kier molecular flexibility index (Phi) is 4.68. The molecule has 2 amide bonds. The number of rotatable bonds is 3. The Hall–Kier alpha value is -2.44. The minimum absolute atomic E-state index is 0.141. The fourth-order valence-electron chi connectivity index (χ4n) is 2.10. The molecule has 1 aromatic heterocycles. The van der Waals surface area contributed by atoms with Crippen molar-refractivity contribution in [3.63, 3.8) is 0 Å². The molecular formula is C16H21N3O4. The Labute approximate surface area is 135 Å². The van der Waals surface area contributed by atoms with E-state index in [0.29, 0.717) is 24.3 Å². The van der Waals surface area contributed by atoms with E-state index in [1.54, 1.807) is 32.9 Å². The highest BCUT2D eigenvalue weighted by molar-refractivity contribution is 5.98. The number of carbonyl (C=O) groups excluding carboxylic acids is 3. The van der Waals surface area contributed by atoms with Gasteiger partial charge in [-0.25, -0.2) is 4.79 Å². The van der Waals surface area contributed by atoms with Crippen molar-refractivity contribution in [2.45, 2.75) is 45.8 Å². The smallest absolute Gasteiger partial charge is 0.410 e. The van der Waals surface area contributed by atoms with Crippen molar-refractivity contribution >= 4 is 23.5 Å². The standard InChI is InChI=1S/C16H21N3O4/c1-10(20)12-6-5-11(9-17-12)18-14(21)13-7-8-19(13)15(22)23-16(2,3)4/h5-6,9,13H,7-8H2,1-4H3,(H,18,21). The van der Waals surface area contributed by atoms with Crippen molar-refractivity contribution < 1.29 is 19.1 Å². The summed E-state index contributed by atoms with van der Waals surface area (Å²) in [5.41, 5.74) is 0.221. The number of Topliss-reactive ketones (excluding diaryl/α,β-unsaturated/α-hetero) is 1. The van der Waals surface area contributed by atoms with Crippen LogP contribution in [0.1, 0.15) is 44.6 Å². The highest BCUT2D eigenvalue weighted by atomic mass is 16.6. The molecule has 1 aromatic rings. The van der Waals surface area contributed by atoms with Gasteiger partial charge in [-0.2, -0.15) is 0 Å². The number of carbonyl (C=O) groups is 3. The number of amides is 2. The third kappa shape index (κ3) is 4.28. The second-order valence-corrected chi connectivity index (χ2v) is 6.46. The van der Waals surface area contributed by atoms with Crippen LogP contribution in [-0.2, 0) is 9.53 Å². The summed E-state index contributed by atoms with van der Waals surface area (Å²) < 4.78 is 5.27. The van der Waals surface area contributed by atoms with Gasteiger partial charge in [0.1, 0.15) is 17.3 Å². The van der Waals surface area contributed by atoms with Gasteiger partial charge in [0, 0.05) is 13.5 Å². The Morgan fingerprint density at radius 1 is 1.30 bits per heavy atom. The molecule has 0 saturated carbocycles. The average Bonchev–Trinajstić information content (AvgIpc) is 2.35. The van der Waals surface area contributed by atoms with Crippen molar-refractivity contribution in [3.05, 3.63) is 24.0 Å². The molecule has 0 radical (unpaired) electrons. The van der Waals surface area contributed by atoms with Crippen LogP contribution in [0.25, 0.3) is 0 Å². The summed E-state index contributed by atoms with van der Waals surface area (Å²) in [7, 11) is 0. The number of pyridine rings is 1. The third-order valence-electron chi connectivity index (χ3n) is 3.34. The van der Waals surface area contributed by atoms with Gasteiger partial charge < -0.3 is 10.1 Å². The molecule has 2 rings (SSSR count). The molecule has 1 unspecified atom stereocenters. The van der Waals surface area contributed by atoms with Crippen LogP contribution >= 0.6 is 0 Å². The first-order valence-electron chi connectivity index (χ1n) is 7.45. The van der Waals surface area contributed by atoms with E-state index in [4.69, 9.17) is 4.74 Å². The number of hydrogen-bond acceptors (Lipinski definition) is 5. The summed E-state index contributed by atoms with van der Waals surface area (Å²) in [6.45, 7) is 7.26. The summed E-state index contributed by atoms with van der Waals surface area (Å²) in [6.07, 6.45) is 1.52. The molecular weight excluding hydrogens is 298 g/mol. The zero-order valence-corrected chi connectivity index (χ0v) is 13.8. The first-order chi connectivity index (χ1) is 10.7. The first kappa shape index (κ1) is 16.9. The second kappa shape index (κ2) is 6.36. The number of likely N-dealkylation sites (tertiary alicyclic amines) is 1. The number of hydrogen-bond donors (Lipinski definition) is 1. The van der Waals surface area contributed by atoms with Crippen LogP contribution in [0, 0.1) is 0 Å². The molecule has 124 valence electrons. The second-order valence-electron chi connectivity index (χ2n) is 6.46. The number of nitrogens with one attached hydrogen (secondary N) is 1. The van der Waals surface area contributed by atoms with E-state index in [0.717, 1.165) is 0 Å². The molecule has 23 heavy (non-hydrogen) atoms. The molecule has 7 nitrogen and oxygen atoms in total. The zero-order valence-electron chi connectivity index (χ0n) is 13.8. The monoisotopic (exact) mass is 319 g/mol. The summed E-state index contributed by atoms with van der Waals surface area (Å²) in [5.74, 6) is -0.433. The molecule has 0 aliphatic carbocycles. The molecule has 0 aromatic carbocycles. The number of nitrogens with zero attached hydrogens (tertiary/aromatic N) is 2. The molecule has 1 fully saturated rings. The van der Waals surface area contributed by atoms with Crippen molar-refractivity contribution in [2.75, 3.05) is 11.9 Å². The number of anilines is 1. The fraction of sp³-hybridized carbons (Fsp3) is 0.500. The van der Waals surface area contributed by atoms with Gasteiger partial charge in [-0.3, -0.25) is 19.5 Å². The van der Waals surface area contributed by atoms with Crippen molar-refractivity contribution in [1.82, 2.24) is 9.88 Å². The Balaban J connectivity index is 1.95. The van der Waals surface area contributed by atoms with Gasteiger partial charge >= 0.3 is 6.09 Å². The molecule has 1 aliphatic rings. The van der Waals surface area contributed by atoms with Crippen LogP contribution in [0.3, 0.4) is 0 Å². The molecule has 0 bridgehead atoms. The largest absolute Gasteiger partial charge is 0.444 e. The fourth-order valence-corrected chi connectivity index (χ4v) is 2.10.